The zero-order valence-electron chi connectivity index (χ0n) is 13.5. The number of phenols is 1. The minimum absolute atomic E-state index is 0.0122. The molecule has 122 valence electrons. The normalized spacial score (nSPS) is 10.7. The predicted octanol–water partition coefficient (Wildman–Crippen LogP) is 3.84. The molecule has 0 fully saturated rings. The van der Waals surface area contributed by atoms with Gasteiger partial charge in [-0.3, -0.25) is 0 Å². The van der Waals surface area contributed by atoms with Crippen LogP contribution < -0.4 is 5.73 Å². The van der Waals surface area contributed by atoms with Gasteiger partial charge in [-0.15, -0.1) is 0 Å². The van der Waals surface area contributed by atoms with Crippen LogP contribution in [0.1, 0.15) is 21.5 Å². The molecule has 0 saturated heterocycles. The molecule has 0 aliphatic rings. The Morgan fingerprint density at radius 3 is 2.46 bits per heavy atom. The van der Waals surface area contributed by atoms with Crippen molar-refractivity contribution in [3.63, 3.8) is 0 Å². The van der Waals surface area contributed by atoms with Gasteiger partial charge in [0.15, 0.2) is 0 Å². The Balaban J connectivity index is 1.77. The van der Waals surface area contributed by atoms with Gasteiger partial charge in [-0.2, -0.15) is 0 Å². The van der Waals surface area contributed by atoms with Crippen molar-refractivity contribution in [2.75, 3.05) is 12.3 Å². The van der Waals surface area contributed by atoms with Crippen molar-refractivity contribution in [1.29, 1.82) is 0 Å². The van der Waals surface area contributed by atoms with Crippen LogP contribution in [0.5, 0.6) is 5.75 Å². The zero-order chi connectivity index (χ0) is 17.1. The lowest BCUT2D eigenvalue weighted by Gasteiger charge is -2.11. The van der Waals surface area contributed by atoms with E-state index in [1.807, 2.05) is 31.2 Å². The van der Waals surface area contributed by atoms with E-state index in [0.717, 1.165) is 5.56 Å². The fraction of sp³-hybridized carbons (Fsp3) is 0.150. The van der Waals surface area contributed by atoms with Crippen molar-refractivity contribution < 1.29 is 14.6 Å². The number of ether oxygens (including phenoxy) is 1. The van der Waals surface area contributed by atoms with Crippen LogP contribution in [0.2, 0.25) is 0 Å². The van der Waals surface area contributed by atoms with Crippen molar-refractivity contribution in [3.8, 4) is 5.75 Å². The Hall–Kier alpha value is -3.01. The maximum Gasteiger partial charge on any atom is 0.338 e. The van der Waals surface area contributed by atoms with Crippen LogP contribution in [0.4, 0.5) is 5.69 Å². The van der Waals surface area contributed by atoms with Crippen molar-refractivity contribution in [2.45, 2.75) is 13.3 Å². The van der Waals surface area contributed by atoms with Crippen LogP contribution in [0.3, 0.4) is 0 Å². The molecule has 0 aliphatic heterocycles. The SMILES string of the molecule is Cc1ccc(CCOC(=O)c2cc(N)c(O)c3ccccc23)cc1. The van der Waals surface area contributed by atoms with E-state index in [2.05, 4.69) is 0 Å². The van der Waals surface area contributed by atoms with Gasteiger partial charge >= 0.3 is 5.97 Å². The highest BCUT2D eigenvalue weighted by Crippen LogP contribution is 2.33. The standard InChI is InChI=1S/C20H19NO3/c1-13-6-8-14(9-7-13)10-11-24-20(23)17-12-18(21)19(22)16-5-3-2-4-15(16)17/h2-9,12,22H,10-11,21H2,1H3. The summed E-state index contributed by atoms with van der Waals surface area (Å²) in [5.74, 6) is -0.452. The quantitative estimate of drug-likeness (QED) is 0.435. The number of phenolic OH excluding ortho intramolecular Hbond substituents is 1. The molecule has 0 spiro atoms. The summed E-state index contributed by atoms with van der Waals surface area (Å²) in [5.41, 5.74) is 8.64. The van der Waals surface area contributed by atoms with Crippen LogP contribution in [0.15, 0.2) is 54.6 Å². The third-order valence-electron chi connectivity index (χ3n) is 4.01. The molecule has 3 rings (SSSR count). The van der Waals surface area contributed by atoms with Crippen LogP contribution in [-0.4, -0.2) is 17.7 Å². The van der Waals surface area contributed by atoms with Gasteiger partial charge in [0.25, 0.3) is 0 Å². The number of aryl methyl sites for hydroxylation is 1. The molecule has 3 aromatic rings. The number of nitrogen functional groups attached to an aromatic ring is 1. The molecule has 0 aliphatic carbocycles. The summed E-state index contributed by atoms with van der Waals surface area (Å²) in [6.45, 7) is 2.32. The van der Waals surface area contributed by atoms with Crippen molar-refractivity contribution in [1.82, 2.24) is 0 Å². The molecule has 3 aromatic carbocycles. The number of hydrogen-bond acceptors (Lipinski definition) is 4. The number of carbonyl (C=O) groups excluding carboxylic acids is 1. The van der Waals surface area contributed by atoms with Gasteiger partial charge in [-0.1, -0.05) is 54.1 Å². The van der Waals surface area contributed by atoms with Gasteiger partial charge in [0.1, 0.15) is 5.75 Å². The molecular weight excluding hydrogens is 302 g/mol. The molecule has 0 bridgehead atoms. The first-order valence-electron chi connectivity index (χ1n) is 7.79. The first-order chi connectivity index (χ1) is 11.6. The van der Waals surface area contributed by atoms with Crippen molar-refractivity contribution in [3.05, 3.63) is 71.3 Å². The number of rotatable bonds is 4. The summed E-state index contributed by atoms with van der Waals surface area (Å²) in [4.78, 5) is 12.4. The van der Waals surface area contributed by atoms with E-state index in [1.54, 1.807) is 24.3 Å². The van der Waals surface area contributed by atoms with Gasteiger partial charge in [-0.05, 0) is 18.6 Å². The van der Waals surface area contributed by atoms with Crippen molar-refractivity contribution in [2.24, 2.45) is 0 Å². The average Bonchev–Trinajstić information content (AvgIpc) is 2.60. The number of anilines is 1. The summed E-state index contributed by atoms with van der Waals surface area (Å²) in [7, 11) is 0. The number of nitrogens with two attached hydrogens (primary N) is 1. The highest BCUT2D eigenvalue weighted by Gasteiger charge is 2.16. The number of fused-ring (bicyclic) bond motifs is 1. The van der Waals surface area contributed by atoms with Crippen LogP contribution in [0.25, 0.3) is 10.8 Å². The second-order valence-corrected chi connectivity index (χ2v) is 5.78. The Kier molecular flexibility index (Phi) is 4.38. The second-order valence-electron chi connectivity index (χ2n) is 5.78. The first-order valence-corrected chi connectivity index (χ1v) is 7.79. The van der Waals surface area contributed by atoms with E-state index in [4.69, 9.17) is 10.5 Å². The molecule has 24 heavy (non-hydrogen) atoms. The number of carbonyl (C=O) groups is 1. The molecule has 0 saturated carbocycles. The largest absolute Gasteiger partial charge is 0.505 e. The minimum Gasteiger partial charge on any atom is -0.505 e. The van der Waals surface area contributed by atoms with Gasteiger partial charge < -0.3 is 15.6 Å². The van der Waals surface area contributed by atoms with E-state index < -0.39 is 5.97 Å². The third kappa shape index (κ3) is 3.18. The number of esters is 1. The molecule has 0 aromatic heterocycles. The van der Waals surface area contributed by atoms with Crippen LogP contribution >= 0.6 is 0 Å². The monoisotopic (exact) mass is 321 g/mol. The summed E-state index contributed by atoms with van der Waals surface area (Å²) in [5, 5.41) is 11.2. The smallest absolute Gasteiger partial charge is 0.338 e. The van der Waals surface area contributed by atoms with E-state index >= 15 is 0 Å². The summed E-state index contributed by atoms with van der Waals surface area (Å²) in [6.07, 6.45) is 0.650. The van der Waals surface area contributed by atoms with Crippen LogP contribution in [-0.2, 0) is 11.2 Å². The Labute approximate surface area is 140 Å². The van der Waals surface area contributed by atoms with E-state index in [9.17, 15) is 9.90 Å². The Bertz CT molecular complexity index is 885. The second kappa shape index (κ2) is 6.62. The lowest BCUT2D eigenvalue weighted by Crippen LogP contribution is -2.09. The molecule has 0 heterocycles. The fourth-order valence-electron chi connectivity index (χ4n) is 2.64. The highest BCUT2D eigenvalue weighted by molar-refractivity contribution is 6.08. The van der Waals surface area contributed by atoms with Gasteiger partial charge in [0, 0.05) is 17.2 Å². The topological polar surface area (TPSA) is 72.5 Å². The third-order valence-corrected chi connectivity index (χ3v) is 4.01. The van der Waals surface area contributed by atoms with E-state index in [0.29, 0.717) is 22.8 Å². The molecule has 0 radical (unpaired) electrons. The lowest BCUT2D eigenvalue weighted by atomic mass is 10.0. The average molecular weight is 321 g/mol. The summed E-state index contributed by atoms with van der Waals surface area (Å²) >= 11 is 0. The summed E-state index contributed by atoms with van der Waals surface area (Å²) < 4.78 is 5.39. The molecular formula is C20H19NO3. The molecule has 0 amide bonds. The molecule has 0 atom stereocenters. The number of aromatic hydroxyl groups is 1. The van der Waals surface area contributed by atoms with Crippen LogP contribution in [0, 0.1) is 6.92 Å². The fourth-order valence-corrected chi connectivity index (χ4v) is 2.64. The summed E-state index contributed by atoms with van der Waals surface area (Å²) in [6, 6.07) is 16.7. The lowest BCUT2D eigenvalue weighted by molar-refractivity contribution is 0.0511. The number of hydrogen-bond donors (Lipinski definition) is 2. The molecule has 4 heteroatoms. The van der Waals surface area contributed by atoms with Gasteiger partial charge in [-0.25, -0.2) is 4.79 Å². The zero-order valence-corrected chi connectivity index (χ0v) is 13.5. The molecule has 3 N–H and O–H groups in total. The van der Waals surface area contributed by atoms with Crippen molar-refractivity contribution >= 4 is 22.4 Å². The molecule has 4 nitrogen and oxygen atoms in total. The van der Waals surface area contributed by atoms with E-state index in [1.165, 1.54) is 11.6 Å². The molecule has 0 unspecified atom stereocenters. The maximum absolute atomic E-state index is 12.4. The van der Waals surface area contributed by atoms with E-state index in [-0.39, 0.29) is 18.0 Å². The first kappa shape index (κ1) is 15.9. The predicted molar refractivity (Wildman–Crippen MR) is 95.2 cm³/mol. The Morgan fingerprint density at radius 2 is 1.75 bits per heavy atom. The van der Waals surface area contributed by atoms with Gasteiger partial charge in [0.2, 0.25) is 0 Å². The Morgan fingerprint density at radius 1 is 1.08 bits per heavy atom. The maximum atomic E-state index is 12.4. The number of benzene rings is 3. The highest BCUT2D eigenvalue weighted by atomic mass is 16.5. The minimum atomic E-state index is -0.440. The van der Waals surface area contributed by atoms with Gasteiger partial charge in [0.05, 0.1) is 17.9 Å².